The van der Waals surface area contributed by atoms with Crippen LogP contribution >= 0.6 is 0 Å². The molecule has 0 spiro atoms. The molecule has 0 radical (unpaired) electrons. The lowest BCUT2D eigenvalue weighted by molar-refractivity contribution is 0.508. The van der Waals surface area contributed by atoms with E-state index in [1.165, 1.54) is 10.6 Å². The van der Waals surface area contributed by atoms with E-state index < -0.39 is 17.7 Å². The van der Waals surface area contributed by atoms with Crippen LogP contribution in [-0.4, -0.2) is 9.13 Å². The minimum atomic E-state index is -0.691. The average molecular weight is 279 g/mol. The number of halogens is 2. The fourth-order valence-electron chi connectivity index (χ4n) is 2.31. The van der Waals surface area contributed by atoms with Gasteiger partial charge in [-0.3, -0.25) is 9.13 Å². The number of hydrogen-bond acceptors (Lipinski definition) is 2. The van der Waals surface area contributed by atoms with Crippen LogP contribution in [0.1, 0.15) is 30.5 Å². The Morgan fingerprint density at radius 3 is 2.70 bits per heavy atom. The summed E-state index contributed by atoms with van der Waals surface area (Å²) >= 11 is 0. The summed E-state index contributed by atoms with van der Waals surface area (Å²) in [4.78, 5) is 12.1. The fraction of sp³-hybridized carbons (Fsp3) is 0.357. The van der Waals surface area contributed by atoms with Crippen LogP contribution in [0.25, 0.3) is 0 Å². The maximum absolute atomic E-state index is 13.6. The molecule has 1 aliphatic rings. The monoisotopic (exact) mass is 279 g/mol. The van der Waals surface area contributed by atoms with E-state index in [9.17, 15) is 13.6 Å². The predicted octanol–water partition coefficient (Wildman–Crippen LogP) is 1.96. The van der Waals surface area contributed by atoms with Crippen molar-refractivity contribution in [2.24, 2.45) is 5.73 Å². The number of nitrogens with two attached hydrogens (primary N) is 1. The molecule has 1 aromatic carbocycles. The zero-order valence-electron chi connectivity index (χ0n) is 10.8. The Morgan fingerprint density at radius 2 is 2.05 bits per heavy atom. The molecule has 20 heavy (non-hydrogen) atoms. The molecule has 6 heteroatoms. The van der Waals surface area contributed by atoms with Gasteiger partial charge in [0.05, 0.1) is 6.04 Å². The van der Waals surface area contributed by atoms with Crippen molar-refractivity contribution in [3.8, 4) is 0 Å². The number of aromatic nitrogens is 2. The number of benzene rings is 1. The van der Waals surface area contributed by atoms with Crippen molar-refractivity contribution >= 4 is 0 Å². The summed E-state index contributed by atoms with van der Waals surface area (Å²) < 4.78 is 29.6. The van der Waals surface area contributed by atoms with Gasteiger partial charge < -0.3 is 5.73 Å². The molecule has 1 aromatic heterocycles. The van der Waals surface area contributed by atoms with Crippen LogP contribution < -0.4 is 11.4 Å². The van der Waals surface area contributed by atoms with Crippen molar-refractivity contribution in [2.75, 3.05) is 0 Å². The van der Waals surface area contributed by atoms with Crippen molar-refractivity contribution in [2.45, 2.75) is 31.5 Å². The second kappa shape index (κ2) is 4.86. The highest BCUT2D eigenvalue weighted by Crippen LogP contribution is 2.33. The van der Waals surface area contributed by atoms with E-state index in [1.54, 1.807) is 17.0 Å². The van der Waals surface area contributed by atoms with Crippen molar-refractivity contribution in [1.82, 2.24) is 9.13 Å². The van der Waals surface area contributed by atoms with Crippen molar-refractivity contribution in [3.05, 3.63) is 58.3 Å². The molecule has 3 rings (SSSR count). The normalized spacial score (nSPS) is 16.4. The summed E-state index contributed by atoms with van der Waals surface area (Å²) in [5.74, 6) is -1.33. The van der Waals surface area contributed by atoms with Crippen molar-refractivity contribution in [1.29, 1.82) is 0 Å². The summed E-state index contributed by atoms with van der Waals surface area (Å²) in [7, 11) is 0. The van der Waals surface area contributed by atoms with E-state index in [4.69, 9.17) is 5.73 Å². The van der Waals surface area contributed by atoms with Gasteiger partial charge in [-0.2, -0.15) is 0 Å². The number of nitrogens with zero attached hydrogens (tertiary/aromatic N) is 2. The highest BCUT2D eigenvalue weighted by Gasteiger charge is 2.26. The lowest BCUT2D eigenvalue weighted by Gasteiger charge is -2.13. The first-order chi connectivity index (χ1) is 9.56. The fourth-order valence-corrected chi connectivity index (χ4v) is 2.31. The Bertz CT molecular complexity index is 688. The zero-order chi connectivity index (χ0) is 14.3. The molecule has 2 aromatic rings. The third-order valence-corrected chi connectivity index (χ3v) is 3.57. The van der Waals surface area contributed by atoms with Gasteiger partial charge in [-0.1, -0.05) is 6.07 Å². The molecule has 2 N–H and O–H groups in total. The SMILES string of the molecule is NC(Cn1ccn(C2CC2)c1=O)c1ccc(F)cc1F. The van der Waals surface area contributed by atoms with Crippen molar-refractivity contribution < 1.29 is 8.78 Å². The zero-order valence-corrected chi connectivity index (χ0v) is 10.8. The molecule has 1 saturated carbocycles. The van der Waals surface area contributed by atoms with Crippen LogP contribution in [0.15, 0.2) is 35.4 Å². The minimum absolute atomic E-state index is 0.134. The third-order valence-electron chi connectivity index (χ3n) is 3.57. The molecule has 4 nitrogen and oxygen atoms in total. The quantitative estimate of drug-likeness (QED) is 0.930. The Labute approximate surface area is 114 Å². The molecule has 0 bridgehead atoms. The molecule has 0 amide bonds. The van der Waals surface area contributed by atoms with Gasteiger partial charge in [0.2, 0.25) is 0 Å². The second-order valence-corrected chi connectivity index (χ2v) is 5.14. The largest absolute Gasteiger partial charge is 0.328 e. The lowest BCUT2D eigenvalue weighted by Crippen LogP contribution is -2.28. The molecule has 1 atom stereocenters. The van der Waals surface area contributed by atoms with E-state index in [0.717, 1.165) is 25.0 Å². The summed E-state index contributed by atoms with van der Waals surface area (Å²) in [6.45, 7) is 0.168. The van der Waals surface area contributed by atoms with Gasteiger partial charge in [0, 0.05) is 36.6 Å². The Hall–Kier alpha value is -1.95. The summed E-state index contributed by atoms with van der Waals surface area (Å²) in [5, 5.41) is 0. The standard InChI is InChI=1S/C14H15F2N3O/c15-9-1-4-11(12(16)7-9)13(17)8-18-5-6-19(14(18)20)10-2-3-10/h1,4-7,10,13H,2-3,8,17H2. The number of imidazole rings is 1. The van der Waals surface area contributed by atoms with E-state index in [2.05, 4.69) is 0 Å². The highest BCUT2D eigenvalue weighted by molar-refractivity contribution is 5.21. The molecule has 0 aliphatic heterocycles. The van der Waals surface area contributed by atoms with Gasteiger partial charge in [-0.25, -0.2) is 13.6 Å². The molecular weight excluding hydrogens is 264 g/mol. The van der Waals surface area contributed by atoms with Crippen LogP contribution in [-0.2, 0) is 6.54 Å². The van der Waals surface area contributed by atoms with E-state index in [1.807, 2.05) is 0 Å². The molecule has 1 fully saturated rings. The smallest absolute Gasteiger partial charge is 0.322 e. The Morgan fingerprint density at radius 1 is 1.30 bits per heavy atom. The highest BCUT2D eigenvalue weighted by atomic mass is 19.1. The van der Waals surface area contributed by atoms with Crippen LogP contribution in [0.2, 0.25) is 0 Å². The topological polar surface area (TPSA) is 52.9 Å². The van der Waals surface area contributed by atoms with Crippen LogP contribution in [0.3, 0.4) is 0 Å². The molecule has 1 aliphatic carbocycles. The molecule has 0 saturated heterocycles. The lowest BCUT2D eigenvalue weighted by atomic mass is 10.1. The Balaban J connectivity index is 1.81. The molecule has 1 heterocycles. The van der Waals surface area contributed by atoms with Gasteiger partial charge in [0.15, 0.2) is 0 Å². The van der Waals surface area contributed by atoms with E-state index >= 15 is 0 Å². The summed E-state index contributed by atoms with van der Waals surface area (Å²) in [6, 6.07) is 2.88. The minimum Gasteiger partial charge on any atom is -0.322 e. The van der Waals surface area contributed by atoms with Gasteiger partial charge in [-0.05, 0) is 18.9 Å². The Kier molecular flexibility index (Phi) is 3.17. The third kappa shape index (κ3) is 2.38. The van der Waals surface area contributed by atoms with Gasteiger partial charge >= 0.3 is 5.69 Å². The maximum Gasteiger partial charge on any atom is 0.328 e. The molecule has 106 valence electrons. The second-order valence-electron chi connectivity index (χ2n) is 5.14. The van der Waals surface area contributed by atoms with Crippen LogP contribution in [0.4, 0.5) is 8.78 Å². The number of hydrogen-bond donors (Lipinski definition) is 1. The molecule has 1 unspecified atom stereocenters. The average Bonchev–Trinajstić information content (AvgIpc) is 3.16. The first-order valence-electron chi connectivity index (χ1n) is 6.54. The van der Waals surface area contributed by atoms with Crippen LogP contribution in [0, 0.1) is 11.6 Å². The van der Waals surface area contributed by atoms with E-state index in [-0.39, 0.29) is 17.8 Å². The summed E-state index contributed by atoms with van der Waals surface area (Å²) in [5.41, 5.74) is 5.99. The van der Waals surface area contributed by atoms with E-state index in [0.29, 0.717) is 6.04 Å². The van der Waals surface area contributed by atoms with Gasteiger partial charge in [0.1, 0.15) is 11.6 Å². The first kappa shape index (κ1) is 13.1. The van der Waals surface area contributed by atoms with Crippen molar-refractivity contribution in [3.63, 3.8) is 0 Å². The predicted molar refractivity (Wildman–Crippen MR) is 70.2 cm³/mol. The van der Waals surface area contributed by atoms with Crippen LogP contribution in [0.5, 0.6) is 0 Å². The number of rotatable bonds is 4. The first-order valence-corrected chi connectivity index (χ1v) is 6.54. The maximum atomic E-state index is 13.6. The van der Waals surface area contributed by atoms with Gasteiger partial charge in [-0.15, -0.1) is 0 Å². The van der Waals surface area contributed by atoms with Gasteiger partial charge in [0.25, 0.3) is 0 Å². The molecular formula is C14H15F2N3O. The summed E-state index contributed by atoms with van der Waals surface area (Å²) in [6.07, 6.45) is 5.42.